The van der Waals surface area contributed by atoms with E-state index < -0.39 is 5.92 Å². The quantitative estimate of drug-likeness (QED) is 0.780. The number of amides is 1. The van der Waals surface area contributed by atoms with Crippen LogP contribution < -0.4 is 5.32 Å². The number of hydrogen-bond donors (Lipinski definition) is 1. The van der Waals surface area contributed by atoms with Gasteiger partial charge in [-0.1, -0.05) is 6.08 Å². The number of hydrogen-bond acceptors (Lipinski definition) is 4. The second-order valence-corrected chi connectivity index (χ2v) is 8.57. The molecule has 132 valence electrons. The first kappa shape index (κ1) is 16.8. The number of alkyl halides is 2. The molecular formula is C18H18F2N2OS2. The Morgan fingerprint density at radius 3 is 2.88 bits per heavy atom. The summed E-state index contributed by atoms with van der Waals surface area (Å²) in [6.07, 6.45) is 4.59. The van der Waals surface area contributed by atoms with E-state index in [0.717, 1.165) is 46.7 Å². The molecule has 25 heavy (non-hydrogen) atoms. The summed E-state index contributed by atoms with van der Waals surface area (Å²) in [6.45, 7) is 1.91. The van der Waals surface area contributed by atoms with Crippen molar-refractivity contribution < 1.29 is 13.6 Å². The Bertz CT molecular complexity index is 867. The summed E-state index contributed by atoms with van der Waals surface area (Å²) in [7, 11) is 0. The molecule has 0 saturated heterocycles. The third kappa shape index (κ3) is 3.27. The first-order valence-corrected chi connectivity index (χ1v) is 10.1. The second-order valence-electron chi connectivity index (χ2n) is 6.61. The fraction of sp³-hybridized carbons (Fsp3) is 0.444. The number of nitrogens with zero attached hydrogens (tertiary/aromatic N) is 1. The molecular weight excluding hydrogens is 362 g/mol. The number of aromatic nitrogens is 1. The molecule has 0 bridgehead atoms. The standard InChI is InChI=1S/C18H18F2N2OS2/c1-10-9-24-16(21-10)14-12-6-7-18(19,20)8-13(12)25-17(14)22-15(23)11-4-2-3-5-11/h4,9H,2-3,5-8H2,1H3,(H,22,23). The molecule has 0 unspecified atom stereocenters. The van der Waals surface area contributed by atoms with Crippen molar-refractivity contribution in [2.45, 2.75) is 51.4 Å². The molecule has 1 N–H and O–H groups in total. The van der Waals surface area contributed by atoms with Gasteiger partial charge in [-0.05, 0) is 38.2 Å². The van der Waals surface area contributed by atoms with E-state index in [0.29, 0.717) is 16.3 Å². The zero-order valence-corrected chi connectivity index (χ0v) is 15.5. The van der Waals surface area contributed by atoms with Crippen LogP contribution in [0.1, 0.15) is 41.8 Å². The molecule has 0 radical (unpaired) electrons. The highest BCUT2D eigenvalue weighted by atomic mass is 32.1. The van der Waals surface area contributed by atoms with Crippen LogP contribution in [0.25, 0.3) is 10.6 Å². The molecule has 2 aliphatic carbocycles. The molecule has 3 nitrogen and oxygen atoms in total. The summed E-state index contributed by atoms with van der Waals surface area (Å²) < 4.78 is 27.7. The van der Waals surface area contributed by atoms with Crippen molar-refractivity contribution in [2.24, 2.45) is 0 Å². The van der Waals surface area contributed by atoms with Gasteiger partial charge in [-0.2, -0.15) is 0 Å². The van der Waals surface area contributed by atoms with Crippen LogP contribution in [-0.2, 0) is 17.6 Å². The second kappa shape index (κ2) is 6.29. The molecule has 0 saturated carbocycles. The van der Waals surface area contributed by atoms with Crippen molar-refractivity contribution in [3.63, 3.8) is 0 Å². The van der Waals surface area contributed by atoms with Gasteiger partial charge < -0.3 is 5.32 Å². The molecule has 4 rings (SSSR count). The number of anilines is 1. The number of carbonyl (C=O) groups is 1. The molecule has 1 amide bonds. The Labute approximate surface area is 152 Å². The Hall–Kier alpha value is -1.60. The van der Waals surface area contributed by atoms with E-state index in [1.807, 2.05) is 18.4 Å². The number of halogens is 2. The summed E-state index contributed by atoms with van der Waals surface area (Å²) in [6, 6.07) is 0. The van der Waals surface area contributed by atoms with Crippen molar-refractivity contribution >= 4 is 33.6 Å². The monoisotopic (exact) mass is 380 g/mol. The summed E-state index contributed by atoms with van der Waals surface area (Å²) in [4.78, 5) is 17.7. The van der Waals surface area contributed by atoms with Gasteiger partial charge in [0, 0.05) is 39.9 Å². The van der Waals surface area contributed by atoms with E-state index in [9.17, 15) is 13.6 Å². The predicted octanol–water partition coefficient (Wildman–Crippen LogP) is 5.35. The van der Waals surface area contributed by atoms with Gasteiger partial charge in [-0.15, -0.1) is 22.7 Å². The van der Waals surface area contributed by atoms with Gasteiger partial charge in [0.2, 0.25) is 0 Å². The predicted molar refractivity (Wildman–Crippen MR) is 97.7 cm³/mol. The molecule has 2 heterocycles. The largest absolute Gasteiger partial charge is 0.313 e. The summed E-state index contributed by atoms with van der Waals surface area (Å²) >= 11 is 2.78. The highest BCUT2D eigenvalue weighted by molar-refractivity contribution is 7.18. The summed E-state index contributed by atoms with van der Waals surface area (Å²) in [5, 5.41) is 6.39. The van der Waals surface area contributed by atoms with Gasteiger partial charge in [-0.25, -0.2) is 13.8 Å². The number of aryl methyl sites for hydroxylation is 1. The molecule has 2 aliphatic rings. The maximum absolute atomic E-state index is 13.8. The third-order valence-corrected chi connectivity index (χ3v) is 6.77. The minimum Gasteiger partial charge on any atom is -0.313 e. The maximum atomic E-state index is 13.8. The molecule has 2 aromatic heterocycles. The van der Waals surface area contributed by atoms with Crippen molar-refractivity contribution in [1.82, 2.24) is 4.98 Å². The molecule has 0 aromatic carbocycles. The van der Waals surface area contributed by atoms with Crippen molar-refractivity contribution in [3.8, 4) is 10.6 Å². The average Bonchev–Trinajstić information content (AvgIpc) is 3.25. The fourth-order valence-corrected chi connectivity index (χ4v) is 5.66. The van der Waals surface area contributed by atoms with Crippen LogP contribution >= 0.6 is 22.7 Å². The van der Waals surface area contributed by atoms with E-state index in [-0.39, 0.29) is 18.7 Å². The van der Waals surface area contributed by atoms with E-state index in [4.69, 9.17) is 0 Å². The minimum absolute atomic E-state index is 0.114. The lowest BCUT2D eigenvalue weighted by atomic mass is 9.93. The number of allylic oxidation sites excluding steroid dienone is 1. The SMILES string of the molecule is Cc1csc(-c2c(NC(=O)C3=CCCC3)sc3c2CCC(F)(F)C3)n1. The molecule has 0 fully saturated rings. The number of thiophene rings is 1. The fourth-order valence-electron chi connectivity index (χ4n) is 3.39. The van der Waals surface area contributed by atoms with Gasteiger partial charge in [0.1, 0.15) is 10.0 Å². The smallest absolute Gasteiger partial charge is 0.253 e. The normalized spacial score (nSPS) is 18.8. The maximum Gasteiger partial charge on any atom is 0.253 e. The number of thiazole rings is 1. The van der Waals surface area contributed by atoms with Crippen molar-refractivity contribution in [3.05, 3.63) is 33.2 Å². The van der Waals surface area contributed by atoms with Crippen LogP contribution in [0, 0.1) is 6.92 Å². The molecule has 2 aromatic rings. The lowest BCUT2D eigenvalue weighted by molar-refractivity contribution is -0.112. The van der Waals surface area contributed by atoms with E-state index in [2.05, 4.69) is 10.3 Å². The lowest BCUT2D eigenvalue weighted by Crippen LogP contribution is -2.24. The summed E-state index contributed by atoms with van der Waals surface area (Å²) in [5.41, 5.74) is 3.47. The highest BCUT2D eigenvalue weighted by Gasteiger charge is 2.38. The Morgan fingerprint density at radius 1 is 1.36 bits per heavy atom. The van der Waals surface area contributed by atoms with Gasteiger partial charge in [0.15, 0.2) is 0 Å². The van der Waals surface area contributed by atoms with Crippen molar-refractivity contribution in [1.29, 1.82) is 0 Å². The highest BCUT2D eigenvalue weighted by Crippen LogP contribution is 2.48. The van der Waals surface area contributed by atoms with Crippen LogP contribution in [-0.4, -0.2) is 16.8 Å². The Morgan fingerprint density at radius 2 is 2.20 bits per heavy atom. The number of nitrogens with one attached hydrogen (secondary N) is 1. The van der Waals surface area contributed by atoms with Gasteiger partial charge in [0.25, 0.3) is 11.8 Å². The van der Waals surface area contributed by atoms with Crippen LogP contribution in [0.3, 0.4) is 0 Å². The lowest BCUT2D eigenvalue weighted by Gasteiger charge is -2.21. The van der Waals surface area contributed by atoms with Gasteiger partial charge >= 0.3 is 0 Å². The molecule has 7 heteroatoms. The van der Waals surface area contributed by atoms with Crippen LogP contribution in [0.15, 0.2) is 17.0 Å². The number of fused-ring (bicyclic) bond motifs is 1. The molecule has 0 atom stereocenters. The minimum atomic E-state index is -2.66. The zero-order chi connectivity index (χ0) is 17.6. The van der Waals surface area contributed by atoms with Crippen LogP contribution in [0.4, 0.5) is 13.8 Å². The van der Waals surface area contributed by atoms with E-state index in [1.54, 1.807) is 0 Å². The first-order valence-electron chi connectivity index (χ1n) is 8.38. The summed E-state index contributed by atoms with van der Waals surface area (Å²) in [5.74, 6) is -2.78. The number of carbonyl (C=O) groups excluding carboxylic acids is 1. The van der Waals surface area contributed by atoms with Gasteiger partial charge in [0.05, 0.1) is 0 Å². The van der Waals surface area contributed by atoms with Crippen LogP contribution in [0.2, 0.25) is 0 Å². The topological polar surface area (TPSA) is 42.0 Å². The molecule has 0 spiro atoms. The van der Waals surface area contributed by atoms with E-state index >= 15 is 0 Å². The zero-order valence-electron chi connectivity index (χ0n) is 13.8. The Balaban J connectivity index is 1.74. The van der Waals surface area contributed by atoms with Gasteiger partial charge in [-0.3, -0.25) is 4.79 Å². The number of rotatable bonds is 3. The average molecular weight is 380 g/mol. The first-order chi connectivity index (χ1) is 11.9. The van der Waals surface area contributed by atoms with E-state index in [1.165, 1.54) is 22.7 Å². The molecule has 0 aliphatic heterocycles. The van der Waals surface area contributed by atoms with Crippen molar-refractivity contribution in [2.75, 3.05) is 5.32 Å². The Kier molecular flexibility index (Phi) is 4.24. The van der Waals surface area contributed by atoms with Crippen LogP contribution in [0.5, 0.6) is 0 Å². The third-order valence-electron chi connectivity index (χ3n) is 4.64.